The van der Waals surface area contributed by atoms with E-state index in [2.05, 4.69) is 5.32 Å². The van der Waals surface area contributed by atoms with E-state index in [1.807, 2.05) is 0 Å². The SMILES string of the molecule is COc1cc(NC(=O)C2CCCC2)c(C(=O)OCc2cc(F)cc3c2OCOC3)cc1OC. The molecule has 8 nitrogen and oxygen atoms in total. The lowest BCUT2D eigenvalue weighted by Gasteiger charge is -2.21. The van der Waals surface area contributed by atoms with E-state index >= 15 is 0 Å². The first-order chi connectivity index (χ1) is 16.0. The summed E-state index contributed by atoms with van der Waals surface area (Å²) < 4.78 is 40.8. The molecule has 9 heteroatoms. The number of methoxy groups -OCH3 is 2. The van der Waals surface area contributed by atoms with Gasteiger partial charge in [0.15, 0.2) is 18.3 Å². The zero-order valence-corrected chi connectivity index (χ0v) is 18.6. The molecule has 1 aliphatic carbocycles. The number of amides is 1. The Hall–Kier alpha value is -3.33. The van der Waals surface area contributed by atoms with Gasteiger partial charge in [0, 0.05) is 29.2 Å². The van der Waals surface area contributed by atoms with Crippen molar-refractivity contribution in [2.24, 2.45) is 5.92 Å². The third kappa shape index (κ3) is 5.03. The molecule has 2 aromatic carbocycles. The van der Waals surface area contributed by atoms with Crippen molar-refractivity contribution >= 4 is 17.6 Å². The quantitative estimate of drug-likeness (QED) is 0.621. The second-order valence-electron chi connectivity index (χ2n) is 7.96. The summed E-state index contributed by atoms with van der Waals surface area (Å²) in [6.45, 7) is 0.0248. The fourth-order valence-corrected chi connectivity index (χ4v) is 4.16. The van der Waals surface area contributed by atoms with Crippen molar-refractivity contribution in [2.75, 3.05) is 26.3 Å². The van der Waals surface area contributed by atoms with Crippen LogP contribution in [-0.2, 0) is 27.5 Å². The first-order valence-electron chi connectivity index (χ1n) is 10.8. The Bertz CT molecular complexity index is 1050. The van der Waals surface area contributed by atoms with Crippen LogP contribution >= 0.6 is 0 Å². The lowest BCUT2D eigenvalue weighted by Crippen LogP contribution is -2.22. The third-order valence-electron chi connectivity index (χ3n) is 5.84. The van der Waals surface area contributed by atoms with Gasteiger partial charge < -0.3 is 29.0 Å². The molecule has 1 fully saturated rings. The molecule has 0 saturated heterocycles. The lowest BCUT2D eigenvalue weighted by atomic mass is 10.1. The van der Waals surface area contributed by atoms with Crippen LogP contribution in [0, 0.1) is 11.7 Å². The number of anilines is 1. The first-order valence-corrected chi connectivity index (χ1v) is 10.8. The van der Waals surface area contributed by atoms with Gasteiger partial charge >= 0.3 is 5.97 Å². The van der Waals surface area contributed by atoms with Crippen molar-refractivity contribution in [3.63, 3.8) is 0 Å². The number of rotatable bonds is 7. The summed E-state index contributed by atoms with van der Waals surface area (Å²) in [5.41, 5.74) is 1.30. The number of fused-ring (bicyclic) bond motifs is 1. The van der Waals surface area contributed by atoms with Gasteiger partial charge in [-0.3, -0.25) is 4.79 Å². The summed E-state index contributed by atoms with van der Waals surface area (Å²) in [6, 6.07) is 5.57. The molecule has 4 rings (SSSR count). The topological polar surface area (TPSA) is 92.3 Å². The van der Waals surface area contributed by atoms with Crippen LogP contribution in [0.3, 0.4) is 0 Å². The monoisotopic (exact) mass is 459 g/mol. The summed E-state index contributed by atoms with van der Waals surface area (Å²) in [5, 5.41) is 2.84. The van der Waals surface area contributed by atoms with Crippen LogP contribution < -0.4 is 19.5 Å². The molecule has 0 unspecified atom stereocenters. The van der Waals surface area contributed by atoms with Crippen molar-refractivity contribution in [3.05, 3.63) is 46.8 Å². The molecule has 2 aliphatic rings. The van der Waals surface area contributed by atoms with Crippen molar-refractivity contribution in [1.82, 2.24) is 0 Å². The summed E-state index contributed by atoms with van der Waals surface area (Å²) in [4.78, 5) is 25.7. The van der Waals surface area contributed by atoms with Crippen LogP contribution in [0.25, 0.3) is 0 Å². The maximum absolute atomic E-state index is 14.0. The van der Waals surface area contributed by atoms with Gasteiger partial charge in [-0.2, -0.15) is 0 Å². The van der Waals surface area contributed by atoms with Crippen LogP contribution in [0.4, 0.5) is 10.1 Å². The predicted molar refractivity (Wildman–Crippen MR) is 116 cm³/mol. The summed E-state index contributed by atoms with van der Waals surface area (Å²) in [5.74, 6) is -0.318. The second-order valence-corrected chi connectivity index (χ2v) is 7.96. The zero-order chi connectivity index (χ0) is 23.4. The normalized spacial score (nSPS) is 15.4. The van der Waals surface area contributed by atoms with Gasteiger partial charge in [0.05, 0.1) is 32.1 Å². The van der Waals surface area contributed by atoms with Crippen molar-refractivity contribution in [2.45, 2.75) is 38.9 Å². The highest BCUT2D eigenvalue weighted by Crippen LogP contribution is 2.36. The van der Waals surface area contributed by atoms with Crippen LogP contribution in [0.15, 0.2) is 24.3 Å². The number of hydrogen-bond acceptors (Lipinski definition) is 7. The van der Waals surface area contributed by atoms with Gasteiger partial charge in [-0.1, -0.05) is 12.8 Å². The van der Waals surface area contributed by atoms with E-state index < -0.39 is 11.8 Å². The number of carbonyl (C=O) groups is 2. The lowest BCUT2D eigenvalue weighted by molar-refractivity contribution is -0.119. The number of ether oxygens (including phenoxy) is 5. The maximum atomic E-state index is 14.0. The summed E-state index contributed by atoms with van der Waals surface area (Å²) in [7, 11) is 2.91. The zero-order valence-electron chi connectivity index (χ0n) is 18.6. The average molecular weight is 459 g/mol. The van der Waals surface area contributed by atoms with Gasteiger partial charge in [-0.15, -0.1) is 0 Å². The molecule has 33 heavy (non-hydrogen) atoms. The van der Waals surface area contributed by atoms with Crippen LogP contribution in [0.1, 0.15) is 47.2 Å². The number of hydrogen-bond donors (Lipinski definition) is 1. The van der Waals surface area contributed by atoms with Gasteiger partial charge in [-0.05, 0) is 25.0 Å². The summed E-state index contributed by atoms with van der Waals surface area (Å²) in [6.07, 6.45) is 3.63. The fraction of sp³-hybridized carbons (Fsp3) is 0.417. The molecule has 0 aromatic heterocycles. The smallest absolute Gasteiger partial charge is 0.340 e. The second kappa shape index (κ2) is 10.1. The molecule has 1 saturated carbocycles. The van der Waals surface area contributed by atoms with Crippen LogP contribution in [-0.4, -0.2) is 32.9 Å². The Kier molecular flexibility index (Phi) is 6.98. The minimum Gasteiger partial charge on any atom is -0.493 e. The molecular formula is C24H26FNO7. The highest BCUT2D eigenvalue weighted by molar-refractivity contribution is 6.02. The number of halogens is 1. The highest BCUT2D eigenvalue weighted by Gasteiger charge is 2.26. The van der Waals surface area contributed by atoms with Crippen molar-refractivity contribution in [3.8, 4) is 17.2 Å². The van der Waals surface area contributed by atoms with Crippen LogP contribution in [0.5, 0.6) is 17.2 Å². The minimum absolute atomic E-state index is 0.0343. The highest BCUT2D eigenvalue weighted by atomic mass is 19.1. The van der Waals surface area contributed by atoms with Gasteiger partial charge in [-0.25, -0.2) is 9.18 Å². The predicted octanol–water partition coefficient (Wildman–Crippen LogP) is 4.20. The molecule has 2 aromatic rings. The standard InChI is InChI=1S/C24H26FNO7/c1-29-20-9-18(19(10-21(20)30-2)26-23(27)14-5-3-4-6-14)24(28)32-12-16-8-17(25)7-15-11-31-13-33-22(15)16/h7-10,14H,3-6,11-13H2,1-2H3,(H,26,27). The Labute approximate surface area is 190 Å². The van der Waals surface area contributed by atoms with Crippen LogP contribution in [0.2, 0.25) is 0 Å². The Morgan fingerprint density at radius 3 is 2.55 bits per heavy atom. The molecular weight excluding hydrogens is 433 g/mol. The first kappa shape index (κ1) is 22.8. The van der Waals surface area contributed by atoms with E-state index in [-0.39, 0.29) is 43.1 Å². The Balaban J connectivity index is 1.58. The van der Waals surface area contributed by atoms with E-state index in [0.29, 0.717) is 28.4 Å². The molecule has 0 atom stereocenters. The molecule has 176 valence electrons. The largest absolute Gasteiger partial charge is 0.493 e. The van der Waals surface area contributed by atoms with E-state index in [1.165, 1.54) is 38.5 Å². The van der Waals surface area contributed by atoms with Crippen molar-refractivity contribution in [1.29, 1.82) is 0 Å². The van der Waals surface area contributed by atoms with E-state index in [9.17, 15) is 14.0 Å². The molecule has 1 amide bonds. The average Bonchev–Trinajstić information content (AvgIpc) is 3.37. The van der Waals surface area contributed by atoms with Gasteiger partial charge in [0.2, 0.25) is 5.91 Å². The van der Waals surface area contributed by atoms with Gasteiger partial charge in [0.25, 0.3) is 0 Å². The molecule has 0 spiro atoms. The number of carbonyl (C=O) groups excluding carboxylic acids is 2. The number of benzene rings is 2. The molecule has 0 bridgehead atoms. The molecule has 1 aliphatic heterocycles. The van der Waals surface area contributed by atoms with E-state index in [4.69, 9.17) is 23.7 Å². The van der Waals surface area contributed by atoms with E-state index in [1.54, 1.807) is 0 Å². The van der Waals surface area contributed by atoms with Crippen molar-refractivity contribution < 1.29 is 37.7 Å². The molecule has 1 heterocycles. The molecule has 0 radical (unpaired) electrons. The third-order valence-corrected chi connectivity index (χ3v) is 5.84. The Morgan fingerprint density at radius 2 is 1.82 bits per heavy atom. The number of esters is 1. The van der Waals surface area contributed by atoms with Gasteiger partial charge in [0.1, 0.15) is 18.2 Å². The van der Waals surface area contributed by atoms with E-state index in [0.717, 1.165) is 25.7 Å². The molecule has 1 N–H and O–H groups in total. The fourth-order valence-electron chi connectivity index (χ4n) is 4.16. The number of nitrogens with one attached hydrogen (secondary N) is 1. The summed E-state index contributed by atoms with van der Waals surface area (Å²) >= 11 is 0. The minimum atomic E-state index is -0.706. The maximum Gasteiger partial charge on any atom is 0.340 e. The Morgan fingerprint density at radius 1 is 1.09 bits per heavy atom.